The van der Waals surface area contributed by atoms with Gasteiger partial charge in [0, 0.05) is 10.4 Å². The van der Waals surface area contributed by atoms with Crippen LogP contribution in [0.3, 0.4) is 0 Å². The fourth-order valence-corrected chi connectivity index (χ4v) is 4.20. The number of aromatic nitrogens is 1. The average molecular weight is 417 g/mol. The standard InChI is InChI=1S/C22H28N2O4S/c1-7-18-21(25)24(13(4)22(26)27-11-12(2)3)17-10-16(8-9-19(17)28-18)20-14(5)29-15(6)23-20/h8-10,12-13,18H,7,11H2,1-6H3. The Morgan fingerprint density at radius 2 is 2.03 bits per heavy atom. The maximum Gasteiger partial charge on any atom is 0.328 e. The number of hydrogen-bond acceptors (Lipinski definition) is 6. The first-order valence-corrected chi connectivity index (χ1v) is 10.8. The monoisotopic (exact) mass is 416 g/mol. The molecule has 2 atom stereocenters. The quantitative estimate of drug-likeness (QED) is 0.648. The summed E-state index contributed by atoms with van der Waals surface area (Å²) >= 11 is 1.63. The van der Waals surface area contributed by atoms with E-state index in [1.807, 2.05) is 52.8 Å². The number of ether oxygens (including phenoxy) is 2. The second kappa shape index (κ2) is 8.53. The number of benzene rings is 1. The van der Waals surface area contributed by atoms with Gasteiger partial charge >= 0.3 is 5.97 Å². The smallest absolute Gasteiger partial charge is 0.328 e. The van der Waals surface area contributed by atoms with Crippen LogP contribution in [0.15, 0.2) is 18.2 Å². The topological polar surface area (TPSA) is 68.7 Å². The summed E-state index contributed by atoms with van der Waals surface area (Å²) in [6.07, 6.45) is -0.0914. The molecule has 7 heteroatoms. The molecule has 2 unspecified atom stereocenters. The molecule has 0 radical (unpaired) electrons. The van der Waals surface area contributed by atoms with E-state index in [2.05, 4.69) is 4.98 Å². The Balaban J connectivity index is 2.02. The lowest BCUT2D eigenvalue weighted by Gasteiger charge is -2.37. The molecule has 0 saturated carbocycles. The fourth-order valence-electron chi connectivity index (χ4n) is 3.36. The van der Waals surface area contributed by atoms with Gasteiger partial charge in [0.2, 0.25) is 0 Å². The largest absolute Gasteiger partial charge is 0.478 e. The number of carbonyl (C=O) groups is 2. The van der Waals surface area contributed by atoms with Gasteiger partial charge < -0.3 is 9.47 Å². The van der Waals surface area contributed by atoms with Gasteiger partial charge in [0.15, 0.2) is 6.10 Å². The van der Waals surface area contributed by atoms with Gasteiger partial charge in [-0.15, -0.1) is 11.3 Å². The molecule has 156 valence electrons. The first kappa shape index (κ1) is 21.3. The van der Waals surface area contributed by atoms with E-state index in [0.29, 0.717) is 24.5 Å². The zero-order valence-electron chi connectivity index (χ0n) is 17.8. The van der Waals surface area contributed by atoms with Crippen LogP contribution in [0.25, 0.3) is 11.3 Å². The molecule has 6 nitrogen and oxygen atoms in total. The molecule has 0 spiro atoms. The van der Waals surface area contributed by atoms with Crippen molar-refractivity contribution in [3.05, 3.63) is 28.1 Å². The minimum atomic E-state index is -0.744. The van der Waals surface area contributed by atoms with Crippen LogP contribution in [-0.2, 0) is 14.3 Å². The highest BCUT2D eigenvalue weighted by molar-refractivity contribution is 7.11. The van der Waals surface area contributed by atoms with Crippen LogP contribution in [0, 0.1) is 19.8 Å². The number of esters is 1. The molecule has 1 amide bonds. The molecule has 1 aliphatic heterocycles. The number of rotatable bonds is 6. The second-order valence-electron chi connectivity index (χ2n) is 7.74. The van der Waals surface area contributed by atoms with Crippen molar-refractivity contribution in [3.8, 4) is 17.0 Å². The third kappa shape index (κ3) is 4.29. The number of aryl methyl sites for hydroxylation is 2. The van der Waals surface area contributed by atoms with Crippen LogP contribution < -0.4 is 9.64 Å². The number of hydrogen-bond donors (Lipinski definition) is 0. The SMILES string of the molecule is CCC1Oc2ccc(-c3nc(C)sc3C)cc2N(C(C)C(=O)OCC(C)C)C1=O. The van der Waals surface area contributed by atoms with Crippen molar-refractivity contribution in [2.75, 3.05) is 11.5 Å². The molecule has 1 aromatic heterocycles. The van der Waals surface area contributed by atoms with Gasteiger partial charge in [-0.3, -0.25) is 9.69 Å². The van der Waals surface area contributed by atoms with E-state index < -0.39 is 18.1 Å². The summed E-state index contributed by atoms with van der Waals surface area (Å²) in [6.45, 7) is 11.9. The second-order valence-corrected chi connectivity index (χ2v) is 9.15. The van der Waals surface area contributed by atoms with Crippen molar-refractivity contribution >= 4 is 28.9 Å². The van der Waals surface area contributed by atoms with Gasteiger partial charge in [-0.1, -0.05) is 20.8 Å². The molecular formula is C22H28N2O4S. The molecule has 0 aliphatic carbocycles. The molecule has 0 bridgehead atoms. The molecule has 29 heavy (non-hydrogen) atoms. The molecule has 0 fully saturated rings. The minimum absolute atomic E-state index is 0.225. The Morgan fingerprint density at radius 3 is 2.62 bits per heavy atom. The van der Waals surface area contributed by atoms with Crippen LogP contribution in [0.4, 0.5) is 5.69 Å². The lowest BCUT2D eigenvalue weighted by Crippen LogP contribution is -2.52. The summed E-state index contributed by atoms with van der Waals surface area (Å²) < 4.78 is 11.3. The van der Waals surface area contributed by atoms with E-state index in [1.165, 1.54) is 4.90 Å². The average Bonchev–Trinajstić information content (AvgIpc) is 3.02. The first-order chi connectivity index (χ1) is 13.7. The Morgan fingerprint density at radius 1 is 1.31 bits per heavy atom. The van der Waals surface area contributed by atoms with Gasteiger partial charge in [-0.2, -0.15) is 0 Å². The molecule has 2 heterocycles. The van der Waals surface area contributed by atoms with Crippen molar-refractivity contribution in [2.24, 2.45) is 5.92 Å². The summed E-state index contributed by atoms with van der Waals surface area (Å²) in [7, 11) is 0. The third-order valence-corrected chi connectivity index (χ3v) is 5.72. The van der Waals surface area contributed by atoms with Gasteiger partial charge in [0.1, 0.15) is 11.8 Å². The van der Waals surface area contributed by atoms with E-state index in [-0.39, 0.29) is 11.8 Å². The molecule has 0 saturated heterocycles. The van der Waals surface area contributed by atoms with Crippen molar-refractivity contribution in [1.29, 1.82) is 0 Å². The predicted molar refractivity (Wildman–Crippen MR) is 114 cm³/mol. The molecule has 1 aromatic carbocycles. The molecule has 3 rings (SSSR count). The van der Waals surface area contributed by atoms with Gasteiger partial charge in [0.05, 0.1) is 23.0 Å². The maximum absolute atomic E-state index is 13.1. The fraction of sp³-hybridized carbons (Fsp3) is 0.500. The van der Waals surface area contributed by atoms with Gasteiger partial charge in [-0.05, 0) is 51.3 Å². The summed E-state index contributed by atoms with van der Waals surface area (Å²) in [5.74, 6) is 0.177. The summed E-state index contributed by atoms with van der Waals surface area (Å²) in [4.78, 5) is 33.0. The molecular weight excluding hydrogens is 388 g/mol. The predicted octanol–water partition coefficient (Wildman–Crippen LogP) is 4.52. The lowest BCUT2D eigenvalue weighted by molar-refractivity contribution is -0.147. The molecule has 2 aromatic rings. The number of amides is 1. The van der Waals surface area contributed by atoms with Crippen LogP contribution in [0.1, 0.15) is 44.0 Å². The van der Waals surface area contributed by atoms with Crippen LogP contribution in [0.2, 0.25) is 0 Å². The van der Waals surface area contributed by atoms with Crippen LogP contribution in [0.5, 0.6) is 5.75 Å². The first-order valence-electron chi connectivity index (χ1n) is 9.97. The zero-order valence-corrected chi connectivity index (χ0v) is 18.6. The third-order valence-electron chi connectivity index (χ3n) is 4.84. The number of carbonyl (C=O) groups excluding carboxylic acids is 2. The van der Waals surface area contributed by atoms with Crippen molar-refractivity contribution in [1.82, 2.24) is 4.98 Å². The zero-order chi connectivity index (χ0) is 21.3. The maximum atomic E-state index is 13.1. The van der Waals surface area contributed by atoms with Crippen LogP contribution >= 0.6 is 11.3 Å². The lowest BCUT2D eigenvalue weighted by atomic mass is 10.0. The molecule has 1 aliphatic rings. The highest BCUT2D eigenvalue weighted by Crippen LogP contribution is 2.40. The number of thiazole rings is 1. The Bertz CT molecular complexity index is 922. The van der Waals surface area contributed by atoms with Crippen molar-refractivity contribution < 1.29 is 19.1 Å². The number of fused-ring (bicyclic) bond motifs is 1. The Labute approximate surface area is 175 Å². The Kier molecular flexibility index (Phi) is 6.27. The Hall–Kier alpha value is -2.41. The van der Waals surface area contributed by atoms with Crippen molar-refractivity contribution in [2.45, 2.75) is 60.1 Å². The van der Waals surface area contributed by atoms with E-state index in [1.54, 1.807) is 18.3 Å². The summed E-state index contributed by atoms with van der Waals surface area (Å²) in [5, 5.41) is 0.982. The number of nitrogens with zero attached hydrogens (tertiary/aromatic N) is 2. The normalized spacial score (nSPS) is 17.1. The van der Waals surface area contributed by atoms with Crippen molar-refractivity contribution in [3.63, 3.8) is 0 Å². The highest BCUT2D eigenvalue weighted by atomic mass is 32.1. The van der Waals surface area contributed by atoms with Gasteiger partial charge in [-0.25, -0.2) is 9.78 Å². The van der Waals surface area contributed by atoms with E-state index >= 15 is 0 Å². The van der Waals surface area contributed by atoms with E-state index in [4.69, 9.17) is 9.47 Å². The minimum Gasteiger partial charge on any atom is -0.478 e. The summed E-state index contributed by atoms with van der Waals surface area (Å²) in [5.41, 5.74) is 2.36. The van der Waals surface area contributed by atoms with Crippen LogP contribution in [-0.4, -0.2) is 35.6 Å². The number of anilines is 1. The van der Waals surface area contributed by atoms with E-state index in [9.17, 15) is 9.59 Å². The van der Waals surface area contributed by atoms with E-state index in [0.717, 1.165) is 21.1 Å². The highest BCUT2D eigenvalue weighted by Gasteiger charge is 2.39. The molecule has 0 N–H and O–H groups in total. The summed E-state index contributed by atoms with van der Waals surface area (Å²) in [6, 6.07) is 4.94. The van der Waals surface area contributed by atoms with Gasteiger partial charge in [0.25, 0.3) is 5.91 Å².